The molecule has 0 rings (SSSR count). The summed E-state index contributed by atoms with van der Waals surface area (Å²) in [7, 11) is 0. The second-order valence-corrected chi connectivity index (χ2v) is 2.41. The second kappa shape index (κ2) is 5.18. The van der Waals surface area contributed by atoms with Gasteiger partial charge in [0.25, 0.3) is 0 Å². The highest BCUT2D eigenvalue weighted by atomic mass is 16.4. The Labute approximate surface area is 69.2 Å². The van der Waals surface area contributed by atoms with Crippen molar-refractivity contribution in [1.82, 2.24) is 0 Å². The molecule has 0 radical (unpaired) electrons. The van der Waals surface area contributed by atoms with Crippen LogP contribution >= 0.6 is 0 Å². The van der Waals surface area contributed by atoms with Crippen LogP contribution in [0.5, 0.6) is 0 Å². The van der Waals surface area contributed by atoms with Crippen LogP contribution in [0, 0.1) is 0 Å². The Kier molecular flexibility index (Phi) is 4.95. The smallest absolute Gasteiger partial charge is 0.151 e. The maximum absolute atomic E-state index is 9.93. The van der Waals surface area contributed by atoms with Gasteiger partial charge < -0.3 is 31.0 Å². The molecule has 0 aliphatic carbocycles. The van der Waals surface area contributed by atoms with Gasteiger partial charge in [-0.3, -0.25) is 0 Å². The lowest BCUT2D eigenvalue weighted by molar-refractivity contribution is -0.132. The van der Waals surface area contributed by atoms with E-state index in [1.807, 2.05) is 0 Å². The molecule has 0 saturated carbocycles. The molecule has 0 heterocycles. The van der Waals surface area contributed by atoms with E-state index < -0.39 is 24.4 Å². The first-order chi connectivity index (χ1) is 5.54. The highest BCUT2D eigenvalue weighted by molar-refractivity contribution is 5.56. The van der Waals surface area contributed by atoms with E-state index in [1.54, 1.807) is 0 Å². The number of hydrogen-bond donors (Lipinski definition) is 5. The van der Waals surface area contributed by atoms with Crippen LogP contribution in [0.1, 0.15) is 0 Å². The Morgan fingerprint density at radius 3 is 2.00 bits per heavy atom. The van der Waals surface area contributed by atoms with Crippen LogP contribution in [0.3, 0.4) is 0 Å². The van der Waals surface area contributed by atoms with Crippen LogP contribution in [0.15, 0.2) is 0 Å². The van der Waals surface area contributed by atoms with E-state index in [9.17, 15) is 4.79 Å². The SMILES string of the molecule is NC[C@@H](O)[C@@H](O)[C@H](O)[C@H](O)C=O. The minimum absolute atomic E-state index is 0.0666. The molecule has 0 bridgehead atoms. The van der Waals surface area contributed by atoms with Crippen LogP contribution in [0.25, 0.3) is 0 Å². The Morgan fingerprint density at radius 2 is 1.67 bits per heavy atom. The molecule has 0 fully saturated rings. The largest absolute Gasteiger partial charge is 0.389 e. The summed E-state index contributed by atoms with van der Waals surface area (Å²) in [6.07, 6.45) is -6.32. The van der Waals surface area contributed by atoms with Gasteiger partial charge in [0.15, 0.2) is 6.29 Å². The lowest BCUT2D eigenvalue weighted by Crippen LogP contribution is -2.47. The monoisotopic (exact) mass is 179 g/mol. The quantitative estimate of drug-likeness (QED) is 0.280. The summed E-state index contributed by atoms with van der Waals surface area (Å²) < 4.78 is 0. The van der Waals surface area contributed by atoms with Crippen molar-refractivity contribution >= 4 is 6.29 Å². The van der Waals surface area contributed by atoms with Crippen molar-refractivity contribution < 1.29 is 25.2 Å². The van der Waals surface area contributed by atoms with Crippen LogP contribution < -0.4 is 5.73 Å². The van der Waals surface area contributed by atoms with Gasteiger partial charge in [-0.1, -0.05) is 0 Å². The summed E-state index contributed by atoms with van der Waals surface area (Å²) in [5.41, 5.74) is 4.96. The molecule has 0 saturated heterocycles. The van der Waals surface area contributed by atoms with Crippen molar-refractivity contribution in [1.29, 1.82) is 0 Å². The highest BCUT2D eigenvalue weighted by Gasteiger charge is 2.29. The average Bonchev–Trinajstić information content (AvgIpc) is 2.12. The van der Waals surface area contributed by atoms with Gasteiger partial charge in [0.2, 0.25) is 0 Å². The normalized spacial score (nSPS) is 21.1. The molecule has 0 aromatic rings. The van der Waals surface area contributed by atoms with Crippen molar-refractivity contribution in [2.24, 2.45) is 5.73 Å². The molecular formula is C6H13NO5. The van der Waals surface area contributed by atoms with E-state index >= 15 is 0 Å². The zero-order valence-corrected chi connectivity index (χ0v) is 6.37. The van der Waals surface area contributed by atoms with Gasteiger partial charge in [-0.25, -0.2) is 0 Å². The number of aldehydes is 1. The molecular weight excluding hydrogens is 166 g/mol. The van der Waals surface area contributed by atoms with Gasteiger partial charge in [0.1, 0.15) is 18.3 Å². The fraction of sp³-hybridized carbons (Fsp3) is 0.833. The third-order valence-electron chi connectivity index (χ3n) is 1.47. The zero-order valence-electron chi connectivity index (χ0n) is 6.37. The van der Waals surface area contributed by atoms with E-state index in [2.05, 4.69) is 0 Å². The standard InChI is InChI=1S/C6H13NO5/c7-1-3(9)5(11)6(12)4(10)2-8/h2-6,9-12H,1,7H2/t3-,4-,5-,6-/m1/s1. The van der Waals surface area contributed by atoms with Crippen LogP contribution in [-0.4, -0.2) is 57.7 Å². The predicted octanol–water partition coefficient (Wildman–Crippen LogP) is -3.41. The van der Waals surface area contributed by atoms with Gasteiger partial charge in [-0.15, -0.1) is 0 Å². The average molecular weight is 179 g/mol. The van der Waals surface area contributed by atoms with Gasteiger partial charge in [-0.2, -0.15) is 0 Å². The fourth-order valence-electron chi connectivity index (χ4n) is 0.650. The molecule has 6 heteroatoms. The van der Waals surface area contributed by atoms with E-state index in [0.29, 0.717) is 0 Å². The van der Waals surface area contributed by atoms with Crippen molar-refractivity contribution in [2.45, 2.75) is 24.4 Å². The molecule has 12 heavy (non-hydrogen) atoms. The number of carbonyl (C=O) groups is 1. The molecule has 0 unspecified atom stereocenters. The zero-order chi connectivity index (χ0) is 9.72. The number of nitrogens with two attached hydrogens (primary N) is 1. The minimum Gasteiger partial charge on any atom is -0.389 e. The molecule has 0 aromatic carbocycles. The van der Waals surface area contributed by atoms with E-state index in [4.69, 9.17) is 26.2 Å². The maximum atomic E-state index is 9.93. The molecule has 0 aliphatic heterocycles. The Balaban J connectivity index is 4.07. The first kappa shape index (κ1) is 11.5. The molecule has 0 aliphatic rings. The molecule has 0 aromatic heterocycles. The molecule has 6 N–H and O–H groups in total. The molecule has 6 nitrogen and oxygen atoms in total. The third kappa shape index (κ3) is 2.84. The van der Waals surface area contributed by atoms with Gasteiger partial charge >= 0.3 is 0 Å². The Bertz CT molecular complexity index is 142. The topological polar surface area (TPSA) is 124 Å². The van der Waals surface area contributed by atoms with Crippen molar-refractivity contribution in [2.75, 3.05) is 6.54 Å². The summed E-state index contributed by atoms with van der Waals surface area (Å²) in [6.45, 7) is -0.260. The number of hydrogen-bond acceptors (Lipinski definition) is 6. The third-order valence-corrected chi connectivity index (χ3v) is 1.47. The summed E-state index contributed by atoms with van der Waals surface area (Å²) >= 11 is 0. The molecule has 0 spiro atoms. The Hall–Kier alpha value is -0.530. The van der Waals surface area contributed by atoms with Gasteiger partial charge in [0.05, 0.1) is 6.10 Å². The van der Waals surface area contributed by atoms with Gasteiger partial charge in [0, 0.05) is 6.54 Å². The summed E-state index contributed by atoms with van der Waals surface area (Å²) in [5.74, 6) is 0. The number of aliphatic hydroxyl groups is 4. The van der Waals surface area contributed by atoms with Crippen LogP contribution in [-0.2, 0) is 4.79 Å². The minimum atomic E-state index is -1.71. The van der Waals surface area contributed by atoms with E-state index in [1.165, 1.54) is 0 Å². The predicted molar refractivity (Wildman–Crippen MR) is 39.1 cm³/mol. The molecule has 72 valence electrons. The summed E-state index contributed by atoms with van der Waals surface area (Å²) in [5, 5.41) is 35.5. The van der Waals surface area contributed by atoms with E-state index in [-0.39, 0.29) is 12.8 Å². The summed E-state index contributed by atoms with van der Waals surface area (Å²) in [6, 6.07) is 0. The fourth-order valence-corrected chi connectivity index (χ4v) is 0.650. The van der Waals surface area contributed by atoms with Crippen LogP contribution in [0.2, 0.25) is 0 Å². The molecule has 4 atom stereocenters. The van der Waals surface area contributed by atoms with Crippen LogP contribution in [0.4, 0.5) is 0 Å². The van der Waals surface area contributed by atoms with Crippen molar-refractivity contribution in [3.8, 4) is 0 Å². The first-order valence-corrected chi connectivity index (χ1v) is 3.42. The number of carbonyl (C=O) groups excluding carboxylic acids is 1. The number of aliphatic hydroxyl groups excluding tert-OH is 4. The Morgan fingerprint density at radius 1 is 1.17 bits per heavy atom. The van der Waals surface area contributed by atoms with E-state index in [0.717, 1.165) is 0 Å². The first-order valence-electron chi connectivity index (χ1n) is 3.42. The lowest BCUT2D eigenvalue weighted by Gasteiger charge is -2.22. The lowest BCUT2D eigenvalue weighted by atomic mass is 10.0. The van der Waals surface area contributed by atoms with Gasteiger partial charge in [-0.05, 0) is 0 Å². The maximum Gasteiger partial charge on any atom is 0.151 e. The van der Waals surface area contributed by atoms with Crippen molar-refractivity contribution in [3.05, 3.63) is 0 Å². The van der Waals surface area contributed by atoms with Crippen molar-refractivity contribution in [3.63, 3.8) is 0 Å². The number of rotatable bonds is 5. The second-order valence-electron chi connectivity index (χ2n) is 2.41. The summed E-state index contributed by atoms with van der Waals surface area (Å²) in [4.78, 5) is 9.93. The molecule has 0 amide bonds. The highest BCUT2D eigenvalue weighted by Crippen LogP contribution is 2.02.